The smallest absolute Gasteiger partial charge is 0.366 e. The third-order valence-electron chi connectivity index (χ3n) is 5.79. The lowest BCUT2D eigenvalue weighted by Crippen LogP contribution is -2.18. The van der Waals surface area contributed by atoms with E-state index >= 15 is 0 Å². The van der Waals surface area contributed by atoms with Gasteiger partial charge in [0.15, 0.2) is 0 Å². The van der Waals surface area contributed by atoms with Crippen molar-refractivity contribution >= 4 is 28.5 Å². The zero-order valence-corrected chi connectivity index (χ0v) is 19.3. The zero-order valence-electron chi connectivity index (χ0n) is 19.3. The Morgan fingerprint density at radius 1 is 0.921 bits per heavy atom. The molecule has 190 valence electrons. The molecule has 0 saturated carbocycles. The van der Waals surface area contributed by atoms with Crippen LogP contribution in [-0.4, -0.2) is 26.6 Å². The molecule has 7 nitrogen and oxygen atoms in total. The van der Waals surface area contributed by atoms with Gasteiger partial charge >= 0.3 is 6.18 Å². The van der Waals surface area contributed by atoms with Gasteiger partial charge in [-0.3, -0.25) is 14.6 Å². The van der Waals surface area contributed by atoms with Crippen LogP contribution >= 0.6 is 0 Å². The van der Waals surface area contributed by atoms with Crippen molar-refractivity contribution in [3.63, 3.8) is 0 Å². The van der Waals surface area contributed by atoms with Crippen LogP contribution in [0.25, 0.3) is 27.8 Å². The highest BCUT2D eigenvalue weighted by atomic mass is 19.4. The Hall–Kier alpha value is -5.06. The highest BCUT2D eigenvalue weighted by molar-refractivity contribution is 6.09. The molecule has 0 saturated heterocycles. The Morgan fingerprint density at radius 2 is 1.66 bits per heavy atom. The molecule has 0 radical (unpaired) electrons. The van der Waals surface area contributed by atoms with Crippen LogP contribution in [0.3, 0.4) is 0 Å². The number of benzene rings is 3. The highest BCUT2D eigenvalue weighted by Gasteiger charge is 2.36. The summed E-state index contributed by atoms with van der Waals surface area (Å²) in [5.74, 6) is -2.93. The molecule has 38 heavy (non-hydrogen) atoms. The largest absolute Gasteiger partial charge is 0.417 e. The van der Waals surface area contributed by atoms with E-state index in [1.807, 2.05) is 0 Å². The summed E-state index contributed by atoms with van der Waals surface area (Å²) in [5.41, 5.74) is 3.98. The van der Waals surface area contributed by atoms with Crippen molar-refractivity contribution in [2.75, 3.05) is 5.32 Å². The molecule has 5 rings (SSSR count). The number of amides is 2. The molecule has 2 heterocycles. The fourth-order valence-electron chi connectivity index (χ4n) is 4.01. The zero-order chi connectivity index (χ0) is 27.0. The number of alkyl halides is 3. The van der Waals surface area contributed by atoms with E-state index < -0.39 is 40.5 Å². The summed E-state index contributed by atoms with van der Waals surface area (Å²) < 4.78 is 57.5. The van der Waals surface area contributed by atoms with Crippen LogP contribution in [0.2, 0.25) is 0 Å². The molecule has 5 aromatic rings. The molecule has 0 atom stereocenters. The van der Waals surface area contributed by atoms with Crippen LogP contribution in [0, 0.1) is 5.82 Å². The number of primary amides is 1. The number of halogens is 4. The van der Waals surface area contributed by atoms with Crippen molar-refractivity contribution in [1.82, 2.24) is 14.8 Å². The third-order valence-corrected chi connectivity index (χ3v) is 5.79. The molecule has 0 aliphatic carbocycles. The fourth-order valence-corrected chi connectivity index (χ4v) is 4.01. The molecule has 2 aromatic heterocycles. The van der Waals surface area contributed by atoms with E-state index in [1.165, 1.54) is 47.3 Å². The lowest BCUT2D eigenvalue weighted by atomic mass is 9.99. The Labute approximate surface area is 212 Å². The van der Waals surface area contributed by atoms with Crippen molar-refractivity contribution in [2.24, 2.45) is 5.73 Å². The summed E-state index contributed by atoms with van der Waals surface area (Å²) in [6, 6.07) is 18.5. The number of pyridine rings is 1. The first-order chi connectivity index (χ1) is 18.1. The summed E-state index contributed by atoms with van der Waals surface area (Å²) in [6.07, 6.45) is -3.59. The molecule has 11 heteroatoms. The standard InChI is InChI=1S/C27H17F4N5O2/c28-21-14-20(27(29,30)31)18(22-8-4-5-11-33-22)13-19(21)26(38)34-25-17-10-9-15(24(32)37)12-23(17)35-36(25)16-6-2-1-3-7-16/h1-14H,(H2,32,37)(H,34,38). The van der Waals surface area contributed by atoms with Crippen molar-refractivity contribution in [3.8, 4) is 16.9 Å². The molecular weight excluding hydrogens is 502 g/mol. The van der Waals surface area contributed by atoms with Gasteiger partial charge in [-0.05, 0) is 54.6 Å². The third kappa shape index (κ3) is 4.57. The minimum absolute atomic E-state index is 0.0763. The molecule has 0 unspecified atom stereocenters. The van der Waals surface area contributed by atoms with E-state index in [4.69, 9.17) is 5.73 Å². The second-order valence-corrected chi connectivity index (χ2v) is 8.24. The van der Waals surface area contributed by atoms with Gasteiger partial charge in [0.2, 0.25) is 5.91 Å². The Kier molecular flexibility index (Phi) is 6.11. The van der Waals surface area contributed by atoms with Crippen molar-refractivity contribution in [2.45, 2.75) is 6.18 Å². The predicted octanol–water partition coefficient (Wildman–Crippen LogP) is 5.60. The number of para-hydroxylation sites is 1. The van der Waals surface area contributed by atoms with Gasteiger partial charge in [-0.15, -0.1) is 0 Å². The molecule has 3 N–H and O–H groups in total. The molecular formula is C27H17F4N5O2. The van der Waals surface area contributed by atoms with E-state index in [9.17, 15) is 27.2 Å². The Balaban J connectivity index is 1.64. The number of carbonyl (C=O) groups excluding carboxylic acids is 2. The maximum atomic E-state index is 15.0. The number of aromatic nitrogens is 3. The quantitative estimate of drug-likeness (QED) is 0.295. The number of nitrogens with two attached hydrogens (primary N) is 1. The van der Waals surface area contributed by atoms with E-state index in [1.54, 1.807) is 30.3 Å². The van der Waals surface area contributed by atoms with E-state index in [2.05, 4.69) is 15.4 Å². The molecule has 0 spiro atoms. The van der Waals surface area contributed by atoms with Crippen LogP contribution in [0.4, 0.5) is 23.4 Å². The van der Waals surface area contributed by atoms with E-state index in [0.717, 1.165) is 6.07 Å². The lowest BCUT2D eigenvalue weighted by molar-refractivity contribution is -0.137. The average molecular weight is 519 g/mol. The van der Waals surface area contributed by atoms with Gasteiger partial charge in [0.05, 0.1) is 28.0 Å². The van der Waals surface area contributed by atoms with Gasteiger partial charge in [-0.2, -0.15) is 18.3 Å². The molecule has 0 aliphatic rings. The van der Waals surface area contributed by atoms with Gasteiger partial charge in [0.25, 0.3) is 5.91 Å². The Bertz CT molecular complexity index is 1680. The highest BCUT2D eigenvalue weighted by Crippen LogP contribution is 2.38. The van der Waals surface area contributed by atoms with Crippen LogP contribution in [0.5, 0.6) is 0 Å². The number of nitrogens with zero attached hydrogens (tertiary/aromatic N) is 3. The summed E-state index contributed by atoms with van der Waals surface area (Å²) in [4.78, 5) is 28.9. The van der Waals surface area contributed by atoms with E-state index in [0.29, 0.717) is 16.6 Å². The number of hydrogen-bond donors (Lipinski definition) is 2. The van der Waals surface area contributed by atoms with Crippen molar-refractivity contribution in [3.05, 3.63) is 108 Å². The summed E-state index contributed by atoms with van der Waals surface area (Å²) in [6.45, 7) is 0. The van der Waals surface area contributed by atoms with Crippen molar-refractivity contribution < 1.29 is 27.2 Å². The minimum Gasteiger partial charge on any atom is -0.366 e. The minimum atomic E-state index is -4.89. The maximum Gasteiger partial charge on any atom is 0.417 e. The normalized spacial score (nSPS) is 11.5. The topological polar surface area (TPSA) is 103 Å². The first-order valence-corrected chi connectivity index (χ1v) is 11.1. The van der Waals surface area contributed by atoms with Gasteiger partial charge in [0.1, 0.15) is 11.6 Å². The van der Waals surface area contributed by atoms with Crippen molar-refractivity contribution in [1.29, 1.82) is 0 Å². The molecule has 2 amide bonds. The first kappa shape index (κ1) is 24.6. The second-order valence-electron chi connectivity index (χ2n) is 8.24. The number of carbonyl (C=O) groups is 2. The second kappa shape index (κ2) is 9.43. The Morgan fingerprint density at radius 3 is 2.32 bits per heavy atom. The molecule has 0 bridgehead atoms. The SMILES string of the molecule is NC(=O)c1ccc2c(NC(=O)c3cc(-c4ccccn4)c(C(F)(F)F)cc3F)n(-c3ccccc3)nc2c1. The average Bonchev–Trinajstić information content (AvgIpc) is 3.26. The number of fused-ring (bicyclic) bond motifs is 1. The van der Waals surface area contributed by atoms with Crippen LogP contribution < -0.4 is 11.1 Å². The predicted molar refractivity (Wildman–Crippen MR) is 132 cm³/mol. The van der Waals surface area contributed by atoms with Crippen LogP contribution in [0.1, 0.15) is 26.3 Å². The molecule has 0 aliphatic heterocycles. The van der Waals surface area contributed by atoms with Gasteiger partial charge < -0.3 is 11.1 Å². The van der Waals surface area contributed by atoms with E-state index in [-0.39, 0.29) is 23.1 Å². The lowest BCUT2D eigenvalue weighted by Gasteiger charge is -2.15. The molecule has 0 fully saturated rings. The first-order valence-electron chi connectivity index (χ1n) is 11.1. The van der Waals surface area contributed by atoms with Crippen LogP contribution in [0.15, 0.2) is 85.1 Å². The number of nitrogens with one attached hydrogen (secondary N) is 1. The summed E-state index contributed by atoms with van der Waals surface area (Å²) in [7, 11) is 0. The number of anilines is 1. The summed E-state index contributed by atoms with van der Waals surface area (Å²) in [5, 5.41) is 7.42. The van der Waals surface area contributed by atoms with Gasteiger partial charge in [-0.25, -0.2) is 9.07 Å². The fraction of sp³-hybridized carbons (Fsp3) is 0.0370. The summed E-state index contributed by atoms with van der Waals surface area (Å²) >= 11 is 0. The van der Waals surface area contributed by atoms with Gasteiger partial charge in [0, 0.05) is 22.7 Å². The van der Waals surface area contributed by atoms with Crippen LogP contribution in [-0.2, 0) is 6.18 Å². The monoisotopic (exact) mass is 519 g/mol. The number of hydrogen-bond acceptors (Lipinski definition) is 4. The maximum absolute atomic E-state index is 15.0. The number of rotatable bonds is 5. The molecule has 3 aromatic carbocycles. The van der Waals surface area contributed by atoms with Gasteiger partial charge in [-0.1, -0.05) is 24.3 Å².